The number of rotatable bonds is 13. The first kappa shape index (κ1) is 29.1. The average molecular weight is 553 g/mol. The largest absolute Gasteiger partial charge is 0.382 e. The summed E-state index contributed by atoms with van der Waals surface area (Å²) in [7, 11) is -0.700. The topological polar surface area (TPSA) is 131 Å². The summed E-state index contributed by atoms with van der Waals surface area (Å²) < 4.78 is 46.0. The number of halogens is 1. The second-order valence-corrected chi connectivity index (χ2v) is 11.8. The monoisotopic (exact) mass is 552 g/mol. The molecular weight excluding hydrogens is 520 g/mol. The van der Waals surface area contributed by atoms with E-state index in [4.69, 9.17) is 25.8 Å². The lowest BCUT2D eigenvalue weighted by molar-refractivity contribution is 0.00142. The standard InChI is InChI=1S/C24H33ClN6O5S/c1-15(2)36-22(23-27-10-19(25)11-28-23)17(4)37(32,33)14-21-29-30-24(18-7-16(3)8-26-9-18)31(21)20(12-34-5)13-35-6/h7-11,15,17,20,22H,12-14H2,1-6H3/t17-,22+/m0/s1. The van der Waals surface area contributed by atoms with E-state index in [-0.39, 0.29) is 37.0 Å². The van der Waals surface area contributed by atoms with E-state index in [9.17, 15) is 8.42 Å². The van der Waals surface area contributed by atoms with E-state index in [0.717, 1.165) is 5.56 Å². The lowest BCUT2D eigenvalue weighted by Crippen LogP contribution is -2.32. The van der Waals surface area contributed by atoms with Crippen molar-refractivity contribution in [3.05, 3.63) is 53.1 Å². The molecule has 0 fully saturated rings. The van der Waals surface area contributed by atoms with Crippen LogP contribution in [-0.2, 0) is 29.8 Å². The molecule has 0 unspecified atom stereocenters. The Bertz CT molecular complexity index is 1260. The van der Waals surface area contributed by atoms with Gasteiger partial charge in [-0.25, -0.2) is 18.4 Å². The van der Waals surface area contributed by atoms with Gasteiger partial charge in [0.1, 0.15) is 17.7 Å². The lowest BCUT2D eigenvalue weighted by atomic mass is 10.2. The van der Waals surface area contributed by atoms with Gasteiger partial charge < -0.3 is 18.8 Å². The number of aryl methyl sites for hydroxylation is 1. The van der Waals surface area contributed by atoms with Crippen LogP contribution in [0.15, 0.2) is 30.9 Å². The molecule has 202 valence electrons. The molecule has 3 rings (SSSR count). The molecular formula is C24H33ClN6O5S. The number of ether oxygens (including phenoxy) is 3. The van der Waals surface area contributed by atoms with E-state index in [0.29, 0.717) is 16.4 Å². The Balaban J connectivity index is 2.04. The van der Waals surface area contributed by atoms with Gasteiger partial charge in [-0.2, -0.15) is 0 Å². The maximum absolute atomic E-state index is 13.7. The SMILES string of the molecule is COCC(COC)n1c(CS(=O)(=O)[C@@H](C)[C@@H](OC(C)C)c2ncc(Cl)cn2)nnc1-c1cncc(C)c1. The van der Waals surface area contributed by atoms with Crippen LogP contribution in [0.5, 0.6) is 0 Å². The molecule has 0 aromatic carbocycles. The van der Waals surface area contributed by atoms with Gasteiger partial charge >= 0.3 is 0 Å². The van der Waals surface area contributed by atoms with E-state index >= 15 is 0 Å². The Labute approximate surface area is 222 Å². The van der Waals surface area contributed by atoms with Crippen LogP contribution in [0, 0.1) is 6.92 Å². The van der Waals surface area contributed by atoms with Crippen LogP contribution < -0.4 is 0 Å². The number of hydrogen-bond acceptors (Lipinski definition) is 10. The highest BCUT2D eigenvalue weighted by atomic mass is 35.5. The minimum Gasteiger partial charge on any atom is -0.382 e. The molecule has 0 saturated carbocycles. The fourth-order valence-corrected chi connectivity index (χ4v) is 5.39. The summed E-state index contributed by atoms with van der Waals surface area (Å²) in [6, 6.07) is 1.54. The predicted molar refractivity (Wildman–Crippen MR) is 139 cm³/mol. The Kier molecular flexibility index (Phi) is 10.1. The highest BCUT2D eigenvalue weighted by molar-refractivity contribution is 7.91. The fourth-order valence-electron chi connectivity index (χ4n) is 3.91. The Hall–Kier alpha value is -2.51. The van der Waals surface area contributed by atoms with E-state index in [1.165, 1.54) is 12.4 Å². The van der Waals surface area contributed by atoms with Gasteiger partial charge in [0.25, 0.3) is 0 Å². The van der Waals surface area contributed by atoms with Crippen LogP contribution in [0.3, 0.4) is 0 Å². The number of sulfone groups is 1. The molecule has 13 heteroatoms. The lowest BCUT2D eigenvalue weighted by Gasteiger charge is -2.26. The molecule has 3 heterocycles. The molecule has 0 N–H and O–H groups in total. The number of hydrogen-bond donors (Lipinski definition) is 0. The smallest absolute Gasteiger partial charge is 0.165 e. The van der Waals surface area contributed by atoms with Crippen molar-refractivity contribution in [2.45, 2.75) is 56.9 Å². The van der Waals surface area contributed by atoms with Crippen LogP contribution in [0.4, 0.5) is 0 Å². The molecule has 2 atom stereocenters. The van der Waals surface area contributed by atoms with Crippen molar-refractivity contribution in [2.75, 3.05) is 27.4 Å². The Morgan fingerprint density at radius 1 is 1.00 bits per heavy atom. The maximum atomic E-state index is 13.7. The van der Waals surface area contributed by atoms with Gasteiger partial charge in [0, 0.05) is 44.6 Å². The molecule has 0 radical (unpaired) electrons. The summed E-state index contributed by atoms with van der Waals surface area (Å²) in [6.07, 6.45) is 5.05. The van der Waals surface area contributed by atoms with Gasteiger partial charge in [-0.05, 0) is 39.3 Å². The van der Waals surface area contributed by atoms with Crippen LogP contribution in [0.1, 0.15) is 50.1 Å². The van der Waals surface area contributed by atoms with Crippen molar-refractivity contribution >= 4 is 21.4 Å². The molecule has 0 saturated heterocycles. The van der Waals surface area contributed by atoms with E-state index in [2.05, 4.69) is 25.1 Å². The van der Waals surface area contributed by atoms with Crippen molar-refractivity contribution in [1.82, 2.24) is 29.7 Å². The zero-order valence-electron chi connectivity index (χ0n) is 21.8. The minimum absolute atomic E-state index is 0.235. The fraction of sp³-hybridized carbons (Fsp3) is 0.542. The third-order valence-corrected chi connectivity index (χ3v) is 7.86. The van der Waals surface area contributed by atoms with Gasteiger partial charge in [-0.1, -0.05) is 11.6 Å². The number of nitrogens with zero attached hydrogens (tertiary/aromatic N) is 6. The van der Waals surface area contributed by atoms with E-state index in [1.54, 1.807) is 38.1 Å². The van der Waals surface area contributed by atoms with Gasteiger partial charge in [0.2, 0.25) is 0 Å². The maximum Gasteiger partial charge on any atom is 0.165 e. The van der Waals surface area contributed by atoms with Gasteiger partial charge in [0.15, 0.2) is 21.5 Å². The first-order valence-corrected chi connectivity index (χ1v) is 13.8. The Morgan fingerprint density at radius 3 is 2.22 bits per heavy atom. The second-order valence-electron chi connectivity index (χ2n) is 9.00. The van der Waals surface area contributed by atoms with Gasteiger partial charge in [-0.15, -0.1) is 10.2 Å². The molecule has 3 aromatic rings. The van der Waals surface area contributed by atoms with Gasteiger partial charge in [-0.3, -0.25) is 4.98 Å². The first-order chi connectivity index (χ1) is 17.6. The van der Waals surface area contributed by atoms with Crippen LogP contribution in [0.2, 0.25) is 5.02 Å². The average Bonchev–Trinajstić information content (AvgIpc) is 3.25. The third kappa shape index (κ3) is 7.29. The molecule has 11 nitrogen and oxygen atoms in total. The van der Waals surface area contributed by atoms with Crippen LogP contribution in [-0.4, -0.2) is 76.9 Å². The molecule has 37 heavy (non-hydrogen) atoms. The minimum atomic E-state index is -3.84. The predicted octanol–water partition coefficient (Wildman–Crippen LogP) is 3.40. The second kappa shape index (κ2) is 12.8. The molecule has 0 aliphatic heterocycles. The van der Waals surface area contributed by atoms with Crippen molar-refractivity contribution in [2.24, 2.45) is 0 Å². The quantitative estimate of drug-likeness (QED) is 0.311. The van der Waals surface area contributed by atoms with E-state index in [1.807, 2.05) is 26.8 Å². The first-order valence-electron chi connectivity index (χ1n) is 11.8. The number of methoxy groups -OCH3 is 2. The van der Waals surface area contributed by atoms with Crippen LogP contribution >= 0.6 is 11.6 Å². The summed E-state index contributed by atoms with van der Waals surface area (Å²) in [5.41, 5.74) is 1.64. The van der Waals surface area contributed by atoms with Crippen molar-refractivity contribution in [1.29, 1.82) is 0 Å². The highest BCUT2D eigenvalue weighted by Gasteiger charge is 2.36. The summed E-state index contributed by atoms with van der Waals surface area (Å²) in [5, 5.41) is 7.98. The summed E-state index contributed by atoms with van der Waals surface area (Å²) in [6.45, 7) is 7.66. The zero-order chi connectivity index (χ0) is 27.2. The third-order valence-electron chi connectivity index (χ3n) is 5.62. The molecule has 0 spiro atoms. The Morgan fingerprint density at radius 2 is 1.65 bits per heavy atom. The summed E-state index contributed by atoms with van der Waals surface area (Å²) in [5.74, 6) is 0.571. The van der Waals surface area contributed by atoms with Crippen molar-refractivity contribution in [3.8, 4) is 11.4 Å². The molecule has 0 aliphatic carbocycles. The number of pyridine rings is 1. The summed E-state index contributed by atoms with van der Waals surface area (Å²) >= 11 is 5.93. The van der Waals surface area contributed by atoms with Gasteiger partial charge in [0.05, 0.1) is 35.6 Å². The summed E-state index contributed by atoms with van der Waals surface area (Å²) in [4.78, 5) is 12.7. The van der Waals surface area contributed by atoms with E-state index < -0.39 is 26.9 Å². The molecule has 3 aromatic heterocycles. The molecule has 0 bridgehead atoms. The van der Waals surface area contributed by atoms with Crippen LogP contribution in [0.25, 0.3) is 11.4 Å². The highest BCUT2D eigenvalue weighted by Crippen LogP contribution is 2.30. The van der Waals surface area contributed by atoms with Crippen molar-refractivity contribution < 1.29 is 22.6 Å². The number of aromatic nitrogens is 6. The normalized spacial score (nSPS) is 13.9. The molecule has 0 amide bonds. The molecule has 0 aliphatic rings. The van der Waals surface area contributed by atoms with Crippen molar-refractivity contribution in [3.63, 3.8) is 0 Å². The zero-order valence-corrected chi connectivity index (χ0v) is 23.4.